The molecule has 2 rings (SSSR count). The van der Waals surface area contributed by atoms with Gasteiger partial charge in [0.05, 0.1) is 0 Å². The lowest BCUT2D eigenvalue weighted by molar-refractivity contribution is 0.101. The second-order valence-electron chi connectivity index (χ2n) is 4.99. The predicted octanol–water partition coefficient (Wildman–Crippen LogP) is 2.17. The molecule has 18 heavy (non-hydrogen) atoms. The van der Waals surface area contributed by atoms with Crippen LogP contribution in [0.5, 0.6) is 0 Å². The van der Waals surface area contributed by atoms with E-state index in [1.54, 1.807) is 6.07 Å². The fraction of sp³-hybridized carbons (Fsp3) is 0.500. The summed E-state index contributed by atoms with van der Waals surface area (Å²) >= 11 is 0. The Hall–Kier alpha value is -1.42. The SMILES string of the molecule is CC(=O)c1cc(F)ccc1N1CCN(C)C(C)C1. The molecule has 0 aromatic heterocycles. The molecule has 0 saturated carbocycles. The first-order valence-electron chi connectivity index (χ1n) is 6.24. The van der Waals surface area contributed by atoms with Crippen LogP contribution in [0.15, 0.2) is 18.2 Å². The van der Waals surface area contributed by atoms with E-state index in [1.807, 2.05) is 0 Å². The van der Waals surface area contributed by atoms with E-state index in [0.29, 0.717) is 11.6 Å². The molecule has 0 radical (unpaired) electrons. The number of Topliss-reactive ketones (excluding diaryl/α,β-unsaturated/α-hetero) is 1. The Balaban J connectivity index is 2.30. The zero-order chi connectivity index (χ0) is 13.3. The third-order valence-corrected chi connectivity index (χ3v) is 3.64. The number of ketones is 1. The molecule has 4 heteroatoms. The average Bonchev–Trinajstić information content (AvgIpc) is 2.32. The summed E-state index contributed by atoms with van der Waals surface area (Å²) in [5.74, 6) is -0.442. The van der Waals surface area contributed by atoms with Crippen LogP contribution in [0, 0.1) is 5.82 Å². The summed E-state index contributed by atoms with van der Waals surface area (Å²) in [7, 11) is 2.10. The largest absolute Gasteiger partial charge is 0.368 e. The van der Waals surface area contributed by atoms with E-state index in [2.05, 4.69) is 23.8 Å². The lowest BCUT2D eigenvalue weighted by Crippen LogP contribution is -2.50. The van der Waals surface area contributed by atoms with Crippen LogP contribution < -0.4 is 4.90 Å². The molecule has 1 heterocycles. The number of piperazine rings is 1. The average molecular weight is 250 g/mol. The van der Waals surface area contributed by atoms with Crippen molar-refractivity contribution in [1.82, 2.24) is 4.90 Å². The van der Waals surface area contributed by atoms with Gasteiger partial charge in [0.15, 0.2) is 5.78 Å². The Labute approximate surface area is 107 Å². The molecule has 0 bridgehead atoms. The van der Waals surface area contributed by atoms with Gasteiger partial charge in [-0.1, -0.05) is 0 Å². The fourth-order valence-electron chi connectivity index (χ4n) is 2.33. The van der Waals surface area contributed by atoms with Crippen molar-refractivity contribution in [3.05, 3.63) is 29.6 Å². The molecule has 1 fully saturated rings. The van der Waals surface area contributed by atoms with E-state index in [-0.39, 0.29) is 11.6 Å². The molecule has 3 nitrogen and oxygen atoms in total. The van der Waals surface area contributed by atoms with Crippen LogP contribution in [0.1, 0.15) is 24.2 Å². The highest BCUT2D eigenvalue weighted by Crippen LogP contribution is 2.24. The van der Waals surface area contributed by atoms with E-state index < -0.39 is 0 Å². The van der Waals surface area contributed by atoms with Crippen LogP contribution in [-0.2, 0) is 0 Å². The Kier molecular flexibility index (Phi) is 3.66. The lowest BCUT2D eigenvalue weighted by Gasteiger charge is -2.39. The molecule has 98 valence electrons. The molecule has 1 aromatic rings. The number of likely N-dealkylation sites (N-methyl/N-ethyl adjacent to an activating group) is 1. The van der Waals surface area contributed by atoms with E-state index in [1.165, 1.54) is 19.1 Å². The third kappa shape index (κ3) is 2.53. The highest BCUT2D eigenvalue weighted by molar-refractivity contribution is 5.99. The summed E-state index contributed by atoms with van der Waals surface area (Å²) < 4.78 is 13.2. The van der Waals surface area contributed by atoms with Gasteiger partial charge in [0.25, 0.3) is 0 Å². The van der Waals surface area contributed by atoms with Gasteiger partial charge < -0.3 is 9.80 Å². The van der Waals surface area contributed by atoms with Crippen LogP contribution in [0.25, 0.3) is 0 Å². The van der Waals surface area contributed by atoms with Crippen molar-refractivity contribution in [1.29, 1.82) is 0 Å². The Morgan fingerprint density at radius 1 is 1.39 bits per heavy atom. The van der Waals surface area contributed by atoms with Crippen LogP contribution in [-0.4, -0.2) is 43.4 Å². The molecule has 1 aliphatic rings. The maximum Gasteiger partial charge on any atom is 0.161 e. The predicted molar refractivity (Wildman–Crippen MR) is 70.7 cm³/mol. The molecular formula is C14H19FN2O. The molecule has 0 amide bonds. The van der Waals surface area contributed by atoms with Crippen molar-refractivity contribution in [2.75, 3.05) is 31.6 Å². The minimum atomic E-state index is -0.355. The second-order valence-corrected chi connectivity index (χ2v) is 4.99. The van der Waals surface area contributed by atoms with E-state index in [0.717, 1.165) is 25.3 Å². The van der Waals surface area contributed by atoms with Crippen molar-refractivity contribution in [2.24, 2.45) is 0 Å². The monoisotopic (exact) mass is 250 g/mol. The fourth-order valence-corrected chi connectivity index (χ4v) is 2.33. The van der Waals surface area contributed by atoms with Gasteiger partial charge in [-0.05, 0) is 39.1 Å². The first-order chi connectivity index (χ1) is 8.49. The van der Waals surface area contributed by atoms with Crippen molar-refractivity contribution >= 4 is 11.5 Å². The van der Waals surface area contributed by atoms with Gasteiger partial charge >= 0.3 is 0 Å². The number of nitrogens with zero attached hydrogens (tertiary/aromatic N) is 2. The van der Waals surface area contributed by atoms with Crippen LogP contribution in [0.3, 0.4) is 0 Å². The highest BCUT2D eigenvalue weighted by Gasteiger charge is 2.23. The minimum Gasteiger partial charge on any atom is -0.368 e. The summed E-state index contributed by atoms with van der Waals surface area (Å²) in [6.45, 7) is 6.33. The smallest absolute Gasteiger partial charge is 0.161 e. The van der Waals surface area contributed by atoms with Crippen LogP contribution in [0.4, 0.5) is 10.1 Å². The van der Waals surface area contributed by atoms with Gasteiger partial charge in [0, 0.05) is 36.9 Å². The summed E-state index contributed by atoms with van der Waals surface area (Å²) in [5.41, 5.74) is 1.33. The number of halogens is 1. The number of carbonyl (C=O) groups is 1. The topological polar surface area (TPSA) is 23.6 Å². The maximum atomic E-state index is 13.2. The van der Waals surface area contributed by atoms with E-state index >= 15 is 0 Å². The summed E-state index contributed by atoms with van der Waals surface area (Å²) in [5, 5.41) is 0. The molecule has 1 aromatic carbocycles. The number of benzene rings is 1. The molecule has 0 aliphatic carbocycles. The molecule has 0 spiro atoms. The quantitative estimate of drug-likeness (QED) is 0.752. The van der Waals surface area contributed by atoms with Crippen molar-refractivity contribution < 1.29 is 9.18 Å². The zero-order valence-corrected chi connectivity index (χ0v) is 11.1. The Morgan fingerprint density at radius 3 is 2.72 bits per heavy atom. The molecular weight excluding hydrogens is 231 g/mol. The van der Waals surface area contributed by atoms with Crippen molar-refractivity contribution in [3.63, 3.8) is 0 Å². The second kappa shape index (κ2) is 5.06. The molecule has 1 aliphatic heterocycles. The molecule has 0 N–H and O–H groups in total. The van der Waals surface area contributed by atoms with E-state index in [4.69, 9.17) is 0 Å². The van der Waals surface area contributed by atoms with Gasteiger partial charge in [-0.25, -0.2) is 4.39 Å². The normalized spacial score (nSPS) is 21.1. The molecule has 1 atom stereocenters. The number of hydrogen-bond donors (Lipinski definition) is 0. The summed E-state index contributed by atoms with van der Waals surface area (Å²) in [6, 6.07) is 4.90. The number of rotatable bonds is 2. The maximum absolute atomic E-state index is 13.2. The first kappa shape index (κ1) is 13.0. The van der Waals surface area contributed by atoms with Gasteiger partial charge in [0.1, 0.15) is 5.82 Å². The number of anilines is 1. The van der Waals surface area contributed by atoms with Crippen molar-refractivity contribution in [3.8, 4) is 0 Å². The molecule has 1 unspecified atom stereocenters. The summed E-state index contributed by atoms with van der Waals surface area (Å²) in [6.07, 6.45) is 0. The molecule has 1 saturated heterocycles. The first-order valence-corrected chi connectivity index (χ1v) is 6.24. The number of hydrogen-bond acceptors (Lipinski definition) is 3. The lowest BCUT2D eigenvalue weighted by atomic mass is 10.1. The van der Waals surface area contributed by atoms with Crippen molar-refractivity contribution in [2.45, 2.75) is 19.9 Å². The van der Waals surface area contributed by atoms with Gasteiger partial charge in [0.2, 0.25) is 0 Å². The van der Waals surface area contributed by atoms with Gasteiger partial charge in [-0.2, -0.15) is 0 Å². The van der Waals surface area contributed by atoms with E-state index in [9.17, 15) is 9.18 Å². The van der Waals surface area contributed by atoms with Gasteiger partial charge in [-0.3, -0.25) is 4.79 Å². The van der Waals surface area contributed by atoms with Gasteiger partial charge in [-0.15, -0.1) is 0 Å². The van der Waals surface area contributed by atoms with Crippen LogP contribution in [0.2, 0.25) is 0 Å². The third-order valence-electron chi connectivity index (χ3n) is 3.64. The summed E-state index contributed by atoms with van der Waals surface area (Å²) in [4.78, 5) is 16.1. The highest BCUT2D eigenvalue weighted by atomic mass is 19.1. The number of carbonyl (C=O) groups excluding carboxylic acids is 1. The van der Waals surface area contributed by atoms with Crippen LogP contribution >= 0.6 is 0 Å². The standard InChI is InChI=1S/C14H19FN2O/c1-10-9-17(7-6-16(10)3)14-5-4-12(15)8-13(14)11(2)18/h4-5,8,10H,6-7,9H2,1-3H3. The minimum absolute atomic E-state index is 0.0870. The Morgan fingerprint density at radius 2 is 2.11 bits per heavy atom. The Bertz CT molecular complexity index is 461. The zero-order valence-electron chi connectivity index (χ0n) is 11.1.